The van der Waals surface area contributed by atoms with Crippen LogP contribution in [0.15, 0.2) is 12.1 Å². The molecule has 0 bridgehead atoms. The third-order valence-corrected chi connectivity index (χ3v) is 6.72. The van der Waals surface area contributed by atoms with Crippen LogP contribution in [0.1, 0.15) is 44.6 Å². The molecule has 2 unspecified atom stereocenters. The number of fused-ring (bicyclic) bond motifs is 1. The summed E-state index contributed by atoms with van der Waals surface area (Å²) in [7, 11) is -1.31. The van der Waals surface area contributed by atoms with Gasteiger partial charge in [0, 0.05) is 36.1 Å². The standard InChI is InChI=1S/C19H26ClNO4S/c1-14(19(22)21-7-4-2-3-5-8-21)26(23)13-15-11-16(20)18-17(12-15)24-9-6-10-25-18/h11-12,14H,2-10,13H2,1H3. The predicted octanol–water partition coefficient (Wildman–Crippen LogP) is 3.54. The Morgan fingerprint density at radius 3 is 2.58 bits per heavy atom. The van der Waals surface area contributed by atoms with Crippen LogP contribution in [0.2, 0.25) is 5.02 Å². The molecule has 1 aromatic carbocycles. The van der Waals surface area contributed by atoms with E-state index in [1.54, 1.807) is 13.0 Å². The zero-order chi connectivity index (χ0) is 18.5. The van der Waals surface area contributed by atoms with E-state index in [-0.39, 0.29) is 11.7 Å². The molecule has 1 aromatic rings. The molecule has 3 rings (SSSR count). The first-order valence-corrected chi connectivity index (χ1v) is 11.1. The molecule has 144 valence electrons. The quantitative estimate of drug-likeness (QED) is 0.777. The van der Waals surface area contributed by atoms with Crippen molar-refractivity contribution < 1.29 is 18.5 Å². The molecule has 0 N–H and O–H groups in total. The summed E-state index contributed by atoms with van der Waals surface area (Å²) in [5.74, 6) is 1.41. The number of ether oxygens (including phenoxy) is 2. The molecule has 26 heavy (non-hydrogen) atoms. The Hall–Kier alpha value is -1.27. The van der Waals surface area contributed by atoms with E-state index in [1.807, 2.05) is 11.0 Å². The van der Waals surface area contributed by atoms with E-state index in [0.717, 1.165) is 50.8 Å². The van der Waals surface area contributed by atoms with Gasteiger partial charge in [-0.3, -0.25) is 9.00 Å². The summed E-state index contributed by atoms with van der Waals surface area (Å²) >= 11 is 6.31. The van der Waals surface area contributed by atoms with Crippen molar-refractivity contribution in [1.29, 1.82) is 0 Å². The molecular formula is C19H26ClNO4S. The zero-order valence-corrected chi connectivity index (χ0v) is 16.7. The third-order valence-electron chi connectivity index (χ3n) is 4.83. The van der Waals surface area contributed by atoms with Gasteiger partial charge in [-0.15, -0.1) is 0 Å². The van der Waals surface area contributed by atoms with Crippen LogP contribution in [0.4, 0.5) is 0 Å². The SMILES string of the molecule is CC(C(=O)N1CCCCCC1)S(=O)Cc1cc(Cl)c2c(c1)OCCCO2. The number of hydrogen-bond donors (Lipinski definition) is 0. The van der Waals surface area contributed by atoms with E-state index in [4.69, 9.17) is 21.1 Å². The second-order valence-electron chi connectivity index (χ2n) is 6.86. The number of halogens is 1. The average molecular weight is 400 g/mol. The molecule has 0 aliphatic carbocycles. The second-order valence-corrected chi connectivity index (χ2v) is 9.03. The van der Waals surface area contributed by atoms with Gasteiger partial charge in [-0.05, 0) is 37.5 Å². The maximum atomic E-state index is 12.8. The highest BCUT2D eigenvalue weighted by Gasteiger charge is 2.26. The monoisotopic (exact) mass is 399 g/mol. The minimum absolute atomic E-state index is 0.00864. The lowest BCUT2D eigenvalue weighted by atomic mass is 10.2. The molecule has 2 heterocycles. The van der Waals surface area contributed by atoms with E-state index in [2.05, 4.69) is 0 Å². The molecule has 2 aliphatic heterocycles. The van der Waals surface area contributed by atoms with Crippen LogP contribution in [0, 0.1) is 0 Å². The number of nitrogens with zero attached hydrogens (tertiary/aromatic N) is 1. The highest BCUT2D eigenvalue weighted by atomic mass is 35.5. The van der Waals surface area contributed by atoms with Gasteiger partial charge >= 0.3 is 0 Å². The fourth-order valence-corrected chi connectivity index (χ4v) is 4.72. The van der Waals surface area contributed by atoms with Gasteiger partial charge in [-0.2, -0.15) is 0 Å². The maximum Gasteiger partial charge on any atom is 0.238 e. The summed E-state index contributed by atoms with van der Waals surface area (Å²) in [4.78, 5) is 14.6. The number of rotatable bonds is 4. The fourth-order valence-electron chi connectivity index (χ4n) is 3.32. The van der Waals surface area contributed by atoms with E-state index in [0.29, 0.717) is 29.7 Å². The van der Waals surface area contributed by atoms with Crippen molar-refractivity contribution >= 4 is 28.3 Å². The first-order chi connectivity index (χ1) is 12.6. The van der Waals surface area contributed by atoms with Crippen LogP contribution in [0.3, 0.4) is 0 Å². The summed E-state index contributed by atoms with van der Waals surface area (Å²) in [6.07, 6.45) is 5.19. The van der Waals surface area contributed by atoms with E-state index < -0.39 is 16.0 Å². The van der Waals surface area contributed by atoms with Gasteiger partial charge in [0.2, 0.25) is 5.91 Å². The molecule has 2 atom stereocenters. The normalized spacial score (nSPS) is 20.0. The maximum absolute atomic E-state index is 12.8. The molecule has 2 aliphatic rings. The van der Waals surface area contributed by atoms with Gasteiger partial charge in [-0.25, -0.2) is 0 Å². The number of benzene rings is 1. The molecule has 1 fully saturated rings. The summed E-state index contributed by atoms with van der Waals surface area (Å²) < 4.78 is 24.1. The third kappa shape index (κ3) is 4.71. The van der Waals surface area contributed by atoms with E-state index >= 15 is 0 Å². The van der Waals surface area contributed by atoms with Gasteiger partial charge < -0.3 is 14.4 Å². The first-order valence-electron chi connectivity index (χ1n) is 9.30. The highest BCUT2D eigenvalue weighted by Crippen LogP contribution is 2.38. The Labute approximate surface area is 162 Å². The molecular weight excluding hydrogens is 374 g/mol. The summed E-state index contributed by atoms with van der Waals surface area (Å²) in [6.45, 7) is 4.44. The molecule has 0 radical (unpaired) electrons. The second kappa shape index (κ2) is 9.09. The summed E-state index contributed by atoms with van der Waals surface area (Å²) in [6, 6.07) is 3.59. The first kappa shape index (κ1) is 19.5. The lowest BCUT2D eigenvalue weighted by Crippen LogP contribution is -2.40. The smallest absolute Gasteiger partial charge is 0.238 e. The van der Waals surface area contributed by atoms with Crippen molar-refractivity contribution in [2.24, 2.45) is 0 Å². The Bertz CT molecular complexity index is 674. The number of hydrogen-bond acceptors (Lipinski definition) is 4. The van der Waals surface area contributed by atoms with Crippen molar-refractivity contribution in [3.63, 3.8) is 0 Å². The Balaban J connectivity index is 1.68. The Morgan fingerprint density at radius 2 is 1.85 bits per heavy atom. The van der Waals surface area contributed by atoms with Gasteiger partial charge in [-0.1, -0.05) is 24.4 Å². The van der Waals surface area contributed by atoms with Crippen LogP contribution in [-0.2, 0) is 21.3 Å². The minimum Gasteiger partial charge on any atom is -0.489 e. The fraction of sp³-hybridized carbons (Fsp3) is 0.632. The molecule has 0 aromatic heterocycles. The molecule has 1 amide bonds. The van der Waals surface area contributed by atoms with Crippen molar-refractivity contribution in [2.45, 2.75) is 50.0 Å². The number of amides is 1. The number of likely N-dealkylation sites (tertiary alicyclic amines) is 1. The number of carbonyl (C=O) groups excluding carboxylic acids is 1. The minimum atomic E-state index is -1.31. The molecule has 5 nitrogen and oxygen atoms in total. The van der Waals surface area contributed by atoms with E-state index in [9.17, 15) is 9.00 Å². The summed E-state index contributed by atoms with van der Waals surface area (Å²) in [5.41, 5.74) is 0.799. The van der Waals surface area contributed by atoms with Gasteiger partial charge in [0.05, 0.1) is 18.2 Å². The Morgan fingerprint density at radius 1 is 1.15 bits per heavy atom. The van der Waals surface area contributed by atoms with Gasteiger partial charge in [0.25, 0.3) is 0 Å². The van der Waals surface area contributed by atoms with Crippen molar-refractivity contribution in [3.8, 4) is 11.5 Å². The van der Waals surface area contributed by atoms with Gasteiger partial charge in [0.1, 0.15) is 5.25 Å². The molecule has 0 saturated carbocycles. The van der Waals surface area contributed by atoms with Crippen LogP contribution in [0.25, 0.3) is 0 Å². The summed E-state index contributed by atoms with van der Waals surface area (Å²) in [5, 5.41) is -0.0641. The zero-order valence-electron chi connectivity index (χ0n) is 15.2. The highest BCUT2D eigenvalue weighted by molar-refractivity contribution is 7.85. The lowest BCUT2D eigenvalue weighted by Gasteiger charge is -2.24. The topological polar surface area (TPSA) is 55.8 Å². The predicted molar refractivity (Wildman–Crippen MR) is 103 cm³/mol. The Kier molecular flexibility index (Phi) is 6.81. The molecule has 0 spiro atoms. The van der Waals surface area contributed by atoms with Crippen LogP contribution < -0.4 is 9.47 Å². The molecule has 1 saturated heterocycles. The van der Waals surface area contributed by atoms with E-state index in [1.165, 1.54) is 0 Å². The number of carbonyl (C=O) groups is 1. The largest absolute Gasteiger partial charge is 0.489 e. The van der Waals surface area contributed by atoms with Crippen molar-refractivity contribution in [1.82, 2.24) is 4.90 Å². The van der Waals surface area contributed by atoms with Crippen LogP contribution in [0.5, 0.6) is 11.5 Å². The lowest BCUT2D eigenvalue weighted by molar-refractivity contribution is -0.130. The van der Waals surface area contributed by atoms with Crippen LogP contribution >= 0.6 is 11.6 Å². The van der Waals surface area contributed by atoms with Crippen molar-refractivity contribution in [3.05, 3.63) is 22.7 Å². The average Bonchev–Trinajstić information content (AvgIpc) is 3.03. The van der Waals surface area contributed by atoms with Gasteiger partial charge in [0.15, 0.2) is 11.5 Å². The van der Waals surface area contributed by atoms with Crippen molar-refractivity contribution in [2.75, 3.05) is 26.3 Å². The molecule has 7 heteroatoms. The van der Waals surface area contributed by atoms with Crippen LogP contribution in [-0.4, -0.2) is 46.6 Å².